The van der Waals surface area contributed by atoms with Crippen LogP contribution in [0.4, 0.5) is 20.2 Å². The number of anilines is 2. The lowest BCUT2D eigenvalue weighted by Crippen LogP contribution is -2.27. The summed E-state index contributed by atoms with van der Waals surface area (Å²) in [7, 11) is 1.54. The smallest absolute Gasteiger partial charge is 0.387 e. The number of ether oxygens (including phenoxy) is 1. The highest BCUT2D eigenvalue weighted by atomic mass is 19.3. The van der Waals surface area contributed by atoms with Gasteiger partial charge in [0.15, 0.2) is 0 Å². The number of nitrogen functional groups attached to an aromatic ring is 1. The van der Waals surface area contributed by atoms with Gasteiger partial charge in [-0.3, -0.25) is 4.79 Å². The molecule has 2 aromatic carbocycles. The van der Waals surface area contributed by atoms with Gasteiger partial charge in [0, 0.05) is 18.4 Å². The van der Waals surface area contributed by atoms with Crippen LogP contribution in [0.25, 0.3) is 0 Å². The Hall–Kier alpha value is -2.63. The summed E-state index contributed by atoms with van der Waals surface area (Å²) in [6.45, 7) is -2.99. The van der Waals surface area contributed by atoms with E-state index >= 15 is 0 Å². The molecular weight excluding hydrogens is 278 g/mol. The highest BCUT2D eigenvalue weighted by molar-refractivity contribution is 6.07. The quantitative estimate of drug-likeness (QED) is 0.881. The Morgan fingerprint density at radius 1 is 1.19 bits per heavy atom. The van der Waals surface area contributed by atoms with E-state index in [1.165, 1.54) is 30.1 Å². The lowest BCUT2D eigenvalue weighted by Gasteiger charge is -2.19. The fraction of sp³-hybridized carbons (Fsp3) is 0.133. The van der Waals surface area contributed by atoms with E-state index in [4.69, 9.17) is 5.73 Å². The molecule has 0 saturated carbocycles. The normalized spacial score (nSPS) is 10.5. The first-order valence-corrected chi connectivity index (χ1v) is 6.16. The van der Waals surface area contributed by atoms with Crippen molar-refractivity contribution in [3.8, 4) is 5.75 Å². The first kappa shape index (κ1) is 14.8. The Bertz CT molecular complexity index is 647. The van der Waals surface area contributed by atoms with Gasteiger partial charge in [-0.15, -0.1) is 0 Å². The van der Waals surface area contributed by atoms with Gasteiger partial charge < -0.3 is 15.4 Å². The Labute approximate surface area is 120 Å². The van der Waals surface area contributed by atoms with Crippen LogP contribution in [0.15, 0.2) is 48.5 Å². The van der Waals surface area contributed by atoms with Gasteiger partial charge in [-0.05, 0) is 30.3 Å². The Balaban J connectivity index is 2.31. The molecule has 1 amide bonds. The molecule has 0 aromatic heterocycles. The maximum atomic E-state index is 12.4. The average molecular weight is 292 g/mol. The van der Waals surface area contributed by atoms with Crippen molar-refractivity contribution in [3.05, 3.63) is 54.1 Å². The van der Waals surface area contributed by atoms with Gasteiger partial charge in [-0.2, -0.15) is 8.78 Å². The van der Waals surface area contributed by atoms with Crippen LogP contribution in [0, 0.1) is 0 Å². The van der Waals surface area contributed by atoms with Crippen LogP contribution in [0.3, 0.4) is 0 Å². The first-order chi connectivity index (χ1) is 9.99. The average Bonchev–Trinajstić information content (AvgIpc) is 2.46. The third kappa shape index (κ3) is 3.47. The molecule has 0 heterocycles. The van der Waals surface area contributed by atoms with Crippen molar-refractivity contribution in [1.29, 1.82) is 0 Å². The van der Waals surface area contributed by atoms with Gasteiger partial charge in [0.2, 0.25) is 0 Å². The number of nitrogens with two attached hydrogens (primary N) is 1. The third-order valence-electron chi connectivity index (χ3n) is 2.90. The molecule has 0 saturated heterocycles. The number of carbonyl (C=O) groups excluding carboxylic acids is 1. The van der Waals surface area contributed by atoms with Crippen molar-refractivity contribution in [2.75, 3.05) is 17.7 Å². The van der Waals surface area contributed by atoms with Crippen LogP contribution >= 0.6 is 0 Å². The Morgan fingerprint density at radius 2 is 1.90 bits per heavy atom. The van der Waals surface area contributed by atoms with Crippen molar-refractivity contribution in [1.82, 2.24) is 0 Å². The van der Waals surface area contributed by atoms with E-state index in [1.54, 1.807) is 30.3 Å². The minimum Gasteiger partial charge on any atom is -0.434 e. The molecule has 2 aromatic rings. The van der Waals surface area contributed by atoms with Crippen LogP contribution in [-0.2, 0) is 0 Å². The molecule has 0 aliphatic heterocycles. The van der Waals surface area contributed by atoms with E-state index in [-0.39, 0.29) is 11.3 Å². The SMILES string of the molecule is CN(C(=O)c1ccccc1OC(F)F)c1cccc(N)c1. The molecule has 0 aliphatic carbocycles. The Morgan fingerprint density at radius 3 is 2.57 bits per heavy atom. The fourth-order valence-electron chi connectivity index (χ4n) is 1.87. The molecule has 0 spiro atoms. The van der Waals surface area contributed by atoms with E-state index in [0.717, 1.165) is 0 Å². The van der Waals surface area contributed by atoms with Gasteiger partial charge in [-0.25, -0.2) is 0 Å². The Kier molecular flexibility index (Phi) is 4.37. The molecule has 0 aliphatic rings. The van der Waals surface area contributed by atoms with E-state index in [2.05, 4.69) is 4.74 Å². The molecule has 0 unspecified atom stereocenters. The van der Waals surface area contributed by atoms with Crippen LogP contribution in [-0.4, -0.2) is 19.6 Å². The molecule has 4 nitrogen and oxygen atoms in total. The van der Waals surface area contributed by atoms with E-state index in [1.807, 2.05) is 0 Å². The molecule has 21 heavy (non-hydrogen) atoms. The predicted octanol–water partition coefficient (Wildman–Crippen LogP) is 3.15. The lowest BCUT2D eigenvalue weighted by molar-refractivity contribution is -0.0501. The summed E-state index contributed by atoms with van der Waals surface area (Å²) in [6.07, 6.45) is 0. The topological polar surface area (TPSA) is 55.6 Å². The minimum atomic E-state index is -2.99. The number of benzene rings is 2. The van der Waals surface area contributed by atoms with Crippen molar-refractivity contribution >= 4 is 17.3 Å². The summed E-state index contributed by atoms with van der Waals surface area (Å²) in [4.78, 5) is 13.7. The van der Waals surface area contributed by atoms with Gasteiger partial charge in [-0.1, -0.05) is 18.2 Å². The molecule has 2 rings (SSSR count). The molecule has 6 heteroatoms. The van der Waals surface area contributed by atoms with Crippen molar-refractivity contribution in [2.24, 2.45) is 0 Å². The highest BCUT2D eigenvalue weighted by Crippen LogP contribution is 2.24. The van der Waals surface area contributed by atoms with Gasteiger partial charge in [0.25, 0.3) is 5.91 Å². The van der Waals surface area contributed by atoms with Gasteiger partial charge in [0.1, 0.15) is 5.75 Å². The predicted molar refractivity (Wildman–Crippen MR) is 76.7 cm³/mol. The summed E-state index contributed by atoms with van der Waals surface area (Å²) < 4.78 is 29.1. The number of rotatable bonds is 4. The fourth-order valence-corrected chi connectivity index (χ4v) is 1.87. The second kappa shape index (κ2) is 6.21. The van der Waals surface area contributed by atoms with Crippen molar-refractivity contribution in [3.63, 3.8) is 0 Å². The highest BCUT2D eigenvalue weighted by Gasteiger charge is 2.19. The molecule has 0 fully saturated rings. The molecule has 2 N–H and O–H groups in total. The summed E-state index contributed by atoms with van der Waals surface area (Å²) in [5.74, 6) is -0.620. The number of alkyl halides is 2. The third-order valence-corrected chi connectivity index (χ3v) is 2.90. The maximum Gasteiger partial charge on any atom is 0.387 e. The second-order valence-corrected chi connectivity index (χ2v) is 4.33. The maximum absolute atomic E-state index is 12.4. The van der Waals surface area contributed by atoms with Crippen molar-refractivity contribution in [2.45, 2.75) is 6.61 Å². The number of para-hydroxylation sites is 1. The largest absolute Gasteiger partial charge is 0.434 e. The zero-order chi connectivity index (χ0) is 15.4. The summed E-state index contributed by atoms with van der Waals surface area (Å²) in [6, 6.07) is 12.6. The van der Waals surface area contributed by atoms with Crippen LogP contribution in [0.5, 0.6) is 5.75 Å². The molecule has 0 radical (unpaired) electrons. The van der Waals surface area contributed by atoms with Gasteiger partial charge in [0.05, 0.1) is 5.56 Å². The minimum absolute atomic E-state index is 0.0581. The lowest BCUT2D eigenvalue weighted by atomic mass is 10.1. The number of carbonyl (C=O) groups is 1. The first-order valence-electron chi connectivity index (χ1n) is 6.16. The van der Waals surface area contributed by atoms with Crippen LogP contribution in [0.1, 0.15) is 10.4 Å². The van der Waals surface area contributed by atoms with E-state index in [0.29, 0.717) is 11.4 Å². The van der Waals surface area contributed by atoms with Crippen LogP contribution in [0.2, 0.25) is 0 Å². The number of amides is 1. The second-order valence-electron chi connectivity index (χ2n) is 4.33. The zero-order valence-corrected chi connectivity index (χ0v) is 11.3. The van der Waals surface area contributed by atoms with Crippen LogP contribution < -0.4 is 15.4 Å². The molecule has 0 atom stereocenters. The molecule has 110 valence electrons. The number of nitrogens with zero attached hydrogens (tertiary/aromatic N) is 1. The van der Waals surface area contributed by atoms with E-state index < -0.39 is 12.5 Å². The number of halogens is 2. The summed E-state index contributed by atoms with van der Waals surface area (Å²) in [5, 5.41) is 0. The zero-order valence-electron chi connectivity index (χ0n) is 11.3. The standard InChI is InChI=1S/C15H14F2N2O2/c1-19(11-6-4-5-10(18)9-11)14(20)12-7-2-3-8-13(12)21-15(16)17/h2-9,15H,18H2,1H3. The summed E-state index contributed by atoms with van der Waals surface area (Å²) >= 11 is 0. The van der Waals surface area contributed by atoms with Crippen molar-refractivity contribution < 1.29 is 18.3 Å². The number of hydrogen-bond acceptors (Lipinski definition) is 3. The number of hydrogen-bond donors (Lipinski definition) is 1. The monoisotopic (exact) mass is 292 g/mol. The molecule has 0 bridgehead atoms. The summed E-state index contributed by atoms with van der Waals surface area (Å²) in [5.41, 5.74) is 6.79. The van der Waals surface area contributed by atoms with Gasteiger partial charge >= 0.3 is 6.61 Å². The molecular formula is C15H14F2N2O2. The van der Waals surface area contributed by atoms with E-state index in [9.17, 15) is 13.6 Å².